The Labute approximate surface area is 105 Å². The van der Waals surface area contributed by atoms with Gasteiger partial charge in [0.2, 0.25) is 0 Å². The molecule has 18 heavy (non-hydrogen) atoms. The topological polar surface area (TPSA) is 78.9 Å². The molecule has 0 N–H and O–H groups in total. The summed E-state index contributed by atoms with van der Waals surface area (Å²) >= 11 is 0. The van der Waals surface area contributed by atoms with Gasteiger partial charge in [-0.05, 0) is 19.8 Å². The Bertz CT molecular complexity index is 385. The summed E-state index contributed by atoms with van der Waals surface area (Å²) < 4.78 is 14.5. The molecule has 0 aromatic heterocycles. The maximum atomic E-state index is 11.9. The minimum absolute atomic E-state index is 0.111. The highest BCUT2D eigenvalue weighted by Crippen LogP contribution is 2.52. The van der Waals surface area contributed by atoms with Gasteiger partial charge in [-0.15, -0.1) is 0 Å². The average Bonchev–Trinajstić information content (AvgIpc) is 2.88. The van der Waals surface area contributed by atoms with Gasteiger partial charge in [-0.3, -0.25) is 14.4 Å². The molecule has 2 aliphatic rings. The van der Waals surface area contributed by atoms with Crippen LogP contribution in [-0.2, 0) is 28.6 Å². The van der Waals surface area contributed by atoms with Gasteiger partial charge in [-0.2, -0.15) is 0 Å². The molecular formula is C12H16O6. The molecule has 0 unspecified atom stereocenters. The van der Waals surface area contributed by atoms with Gasteiger partial charge in [-0.1, -0.05) is 0 Å². The van der Waals surface area contributed by atoms with E-state index in [9.17, 15) is 14.4 Å². The first-order valence-corrected chi connectivity index (χ1v) is 5.83. The number of hydrogen-bond acceptors (Lipinski definition) is 6. The van der Waals surface area contributed by atoms with E-state index in [1.807, 2.05) is 0 Å². The fourth-order valence-electron chi connectivity index (χ4n) is 3.07. The third-order valence-corrected chi connectivity index (χ3v) is 4.03. The third kappa shape index (κ3) is 1.59. The number of ether oxygens (including phenoxy) is 3. The largest absolute Gasteiger partial charge is 0.468 e. The molecule has 1 heterocycles. The van der Waals surface area contributed by atoms with E-state index in [-0.39, 0.29) is 30.8 Å². The first-order chi connectivity index (χ1) is 8.46. The van der Waals surface area contributed by atoms with Crippen molar-refractivity contribution in [2.75, 3.05) is 14.2 Å². The normalized spacial score (nSPS) is 32.6. The minimum atomic E-state index is -1.35. The van der Waals surface area contributed by atoms with E-state index in [2.05, 4.69) is 0 Å². The van der Waals surface area contributed by atoms with Crippen LogP contribution >= 0.6 is 0 Å². The highest BCUT2D eigenvalue weighted by molar-refractivity contribution is 6.01. The number of fused-ring (bicyclic) bond motifs is 1. The Morgan fingerprint density at radius 1 is 1.22 bits per heavy atom. The number of carbonyl (C=O) groups is 3. The Hall–Kier alpha value is -1.59. The van der Waals surface area contributed by atoms with Crippen molar-refractivity contribution < 1.29 is 28.6 Å². The summed E-state index contributed by atoms with van der Waals surface area (Å²) in [5.41, 5.74) is -1.35. The standard InChI is InChI=1S/C12H16O6/c1-6-7-4-12(10(14)16-2,11(15)17-3)5-8(7)9(13)18-6/h6-8H,4-5H2,1-3H3/t6-,7+,8+/m0/s1. The van der Waals surface area contributed by atoms with Gasteiger partial charge >= 0.3 is 17.9 Å². The number of hydrogen-bond donors (Lipinski definition) is 0. The average molecular weight is 256 g/mol. The van der Waals surface area contributed by atoms with Crippen LogP contribution in [0.15, 0.2) is 0 Å². The molecule has 6 nitrogen and oxygen atoms in total. The zero-order valence-corrected chi connectivity index (χ0v) is 10.6. The first kappa shape index (κ1) is 12.9. The van der Waals surface area contributed by atoms with Crippen molar-refractivity contribution in [3.63, 3.8) is 0 Å². The van der Waals surface area contributed by atoms with E-state index in [0.717, 1.165) is 0 Å². The first-order valence-electron chi connectivity index (χ1n) is 5.83. The molecule has 0 bridgehead atoms. The molecule has 100 valence electrons. The molecule has 3 atom stereocenters. The predicted molar refractivity (Wildman–Crippen MR) is 58.2 cm³/mol. The number of esters is 3. The summed E-state index contributed by atoms with van der Waals surface area (Å²) in [6.45, 7) is 1.77. The smallest absolute Gasteiger partial charge is 0.323 e. The predicted octanol–water partition coefficient (Wildman–Crippen LogP) is 0.290. The zero-order valence-electron chi connectivity index (χ0n) is 10.6. The van der Waals surface area contributed by atoms with Crippen molar-refractivity contribution in [2.45, 2.75) is 25.9 Å². The monoisotopic (exact) mass is 256 g/mol. The molecule has 1 saturated carbocycles. The Morgan fingerprint density at radius 3 is 2.22 bits per heavy atom. The van der Waals surface area contributed by atoms with E-state index in [1.165, 1.54) is 14.2 Å². The molecular weight excluding hydrogens is 240 g/mol. The van der Waals surface area contributed by atoms with E-state index < -0.39 is 23.3 Å². The van der Waals surface area contributed by atoms with Gasteiger partial charge in [0.15, 0.2) is 5.41 Å². The van der Waals surface area contributed by atoms with Crippen molar-refractivity contribution in [1.82, 2.24) is 0 Å². The van der Waals surface area contributed by atoms with Gasteiger partial charge in [-0.25, -0.2) is 0 Å². The summed E-state index contributed by atoms with van der Waals surface area (Å²) in [4.78, 5) is 35.5. The Morgan fingerprint density at radius 2 is 1.78 bits per heavy atom. The Kier molecular flexibility index (Phi) is 3.04. The van der Waals surface area contributed by atoms with E-state index in [1.54, 1.807) is 6.92 Å². The van der Waals surface area contributed by atoms with Crippen molar-refractivity contribution in [2.24, 2.45) is 17.3 Å². The molecule has 1 saturated heterocycles. The van der Waals surface area contributed by atoms with Gasteiger partial charge in [0.05, 0.1) is 20.1 Å². The van der Waals surface area contributed by atoms with E-state index in [0.29, 0.717) is 0 Å². The zero-order chi connectivity index (χ0) is 13.5. The maximum absolute atomic E-state index is 11.9. The second kappa shape index (κ2) is 4.26. The minimum Gasteiger partial charge on any atom is -0.468 e. The van der Waals surface area contributed by atoms with Crippen LogP contribution in [0.1, 0.15) is 19.8 Å². The summed E-state index contributed by atoms with van der Waals surface area (Å²) in [6.07, 6.45) is 0.0723. The lowest BCUT2D eigenvalue weighted by Gasteiger charge is -2.24. The van der Waals surface area contributed by atoms with Gasteiger partial charge in [0.25, 0.3) is 0 Å². The van der Waals surface area contributed by atoms with Crippen LogP contribution in [0.2, 0.25) is 0 Å². The maximum Gasteiger partial charge on any atom is 0.323 e. The van der Waals surface area contributed by atoms with Crippen LogP contribution in [0.25, 0.3) is 0 Å². The molecule has 0 radical (unpaired) electrons. The molecule has 0 aromatic rings. The van der Waals surface area contributed by atoms with Crippen molar-refractivity contribution in [3.8, 4) is 0 Å². The number of rotatable bonds is 2. The fourth-order valence-corrected chi connectivity index (χ4v) is 3.07. The molecule has 0 spiro atoms. The van der Waals surface area contributed by atoms with Crippen molar-refractivity contribution in [3.05, 3.63) is 0 Å². The molecule has 1 aliphatic heterocycles. The summed E-state index contributed by atoms with van der Waals surface area (Å²) in [5.74, 6) is -2.16. The van der Waals surface area contributed by atoms with Gasteiger partial charge < -0.3 is 14.2 Å². The van der Waals surface area contributed by atoms with Crippen LogP contribution < -0.4 is 0 Å². The summed E-state index contributed by atoms with van der Waals surface area (Å²) in [5, 5.41) is 0. The molecule has 1 aliphatic carbocycles. The highest BCUT2D eigenvalue weighted by atomic mass is 16.6. The van der Waals surface area contributed by atoms with E-state index >= 15 is 0 Å². The summed E-state index contributed by atoms with van der Waals surface area (Å²) in [6, 6.07) is 0. The lowest BCUT2D eigenvalue weighted by Crippen LogP contribution is -2.40. The molecule has 6 heteroatoms. The molecule has 2 fully saturated rings. The SMILES string of the molecule is COC(=O)C1(C(=O)OC)C[C@@H]2[C@H](C)OC(=O)[C@@H]2C1. The van der Waals surface area contributed by atoms with Crippen molar-refractivity contribution >= 4 is 17.9 Å². The van der Waals surface area contributed by atoms with Crippen LogP contribution in [0.3, 0.4) is 0 Å². The molecule has 2 rings (SSSR count). The quantitative estimate of drug-likeness (QED) is 0.401. The van der Waals surface area contributed by atoms with Crippen LogP contribution in [-0.4, -0.2) is 38.2 Å². The lowest BCUT2D eigenvalue weighted by molar-refractivity contribution is -0.170. The van der Waals surface area contributed by atoms with Crippen molar-refractivity contribution in [1.29, 1.82) is 0 Å². The van der Waals surface area contributed by atoms with E-state index in [4.69, 9.17) is 14.2 Å². The third-order valence-electron chi connectivity index (χ3n) is 4.03. The number of carbonyl (C=O) groups excluding carboxylic acids is 3. The Balaban J connectivity index is 2.33. The van der Waals surface area contributed by atoms with Crippen LogP contribution in [0.5, 0.6) is 0 Å². The second-order valence-corrected chi connectivity index (χ2v) is 4.89. The number of cyclic esters (lactones) is 1. The molecule has 0 amide bonds. The summed E-state index contributed by atoms with van der Waals surface area (Å²) in [7, 11) is 2.45. The van der Waals surface area contributed by atoms with Crippen LogP contribution in [0.4, 0.5) is 0 Å². The number of methoxy groups -OCH3 is 2. The van der Waals surface area contributed by atoms with Crippen LogP contribution in [0, 0.1) is 17.3 Å². The highest BCUT2D eigenvalue weighted by Gasteiger charge is 2.63. The van der Waals surface area contributed by atoms with Gasteiger partial charge in [0.1, 0.15) is 6.10 Å². The second-order valence-electron chi connectivity index (χ2n) is 4.89. The van der Waals surface area contributed by atoms with Gasteiger partial charge in [0, 0.05) is 5.92 Å². The molecule has 0 aromatic carbocycles. The fraction of sp³-hybridized carbons (Fsp3) is 0.750. The lowest BCUT2D eigenvalue weighted by atomic mass is 9.84.